The summed E-state index contributed by atoms with van der Waals surface area (Å²) in [4.78, 5) is 0. The molecule has 0 rings (SSSR count). The molecule has 0 amide bonds. The molecule has 0 aromatic rings. The van der Waals surface area contributed by atoms with E-state index >= 15 is 0 Å². The van der Waals surface area contributed by atoms with Gasteiger partial charge in [0.15, 0.2) is 0 Å². The molecule has 25 heavy (non-hydrogen) atoms. The van der Waals surface area contributed by atoms with Crippen LogP contribution in [0, 0.1) is 0 Å². The Labute approximate surface area is 172 Å². The van der Waals surface area contributed by atoms with E-state index in [1.807, 2.05) is 0 Å². The van der Waals surface area contributed by atoms with Gasteiger partial charge in [0, 0.05) is 0 Å². The molecule has 0 aliphatic carbocycles. The summed E-state index contributed by atoms with van der Waals surface area (Å²) in [5, 5.41) is 3.17. The van der Waals surface area contributed by atoms with Crippen molar-refractivity contribution in [3.05, 3.63) is 0 Å². The summed E-state index contributed by atoms with van der Waals surface area (Å²) in [7, 11) is 0. The van der Waals surface area contributed by atoms with Crippen molar-refractivity contribution in [3.8, 4) is 0 Å². The first kappa shape index (κ1) is 26.0. The molecule has 0 saturated carbocycles. The number of hydrogen-bond acceptors (Lipinski definition) is 0. The summed E-state index contributed by atoms with van der Waals surface area (Å²) in [6, 6.07) is 0. The Hall–Kier alpha value is 1.04. The minimum atomic E-state index is 1.02. The molecule has 0 bridgehead atoms. The van der Waals surface area contributed by atoms with Crippen LogP contribution < -0.4 is 0 Å². The Morgan fingerprint density at radius 3 is 0.840 bits per heavy atom. The third-order valence-corrected chi connectivity index (χ3v) is 12.7. The predicted octanol–water partition coefficient (Wildman–Crippen LogP) is 8.60. The van der Waals surface area contributed by atoms with Crippen LogP contribution in [0.25, 0.3) is 0 Å². The molecule has 2 heteroatoms. The predicted molar refractivity (Wildman–Crippen MR) is 120 cm³/mol. The standard InChI is InChI=1S/C23H48Se2/c1-3-5-7-9-11-13-15-17-19-21-23-25-24-22-20-18-16-14-12-10-8-6-4-2/h3-23H2,1-2H3. The van der Waals surface area contributed by atoms with Crippen molar-refractivity contribution in [1.82, 2.24) is 0 Å². The SMILES string of the molecule is CCCCCCCCCCCC[Se][Se]CCCCCCCCCCC. The Bertz CT molecular complexity index is 196. The molecule has 0 spiro atoms. The zero-order valence-corrected chi connectivity index (χ0v) is 21.1. The third kappa shape index (κ3) is 25.0. The molecule has 0 nitrogen and oxygen atoms in total. The molecule has 0 aliphatic heterocycles. The second-order valence-electron chi connectivity index (χ2n) is 7.65. The van der Waals surface area contributed by atoms with Gasteiger partial charge in [-0.15, -0.1) is 0 Å². The first-order valence-corrected chi connectivity index (χ1v) is 18.4. The zero-order valence-electron chi connectivity index (χ0n) is 17.7. The molecule has 0 atom stereocenters. The first-order valence-electron chi connectivity index (χ1n) is 11.7. The van der Waals surface area contributed by atoms with E-state index in [1.54, 1.807) is 10.6 Å². The van der Waals surface area contributed by atoms with Gasteiger partial charge in [0.25, 0.3) is 0 Å². The van der Waals surface area contributed by atoms with Crippen LogP contribution in [0.1, 0.15) is 136 Å². The van der Waals surface area contributed by atoms with Gasteiger partial charge in [0.05, 0.1) is 0 Å². The van der Waals surface area contributed by atoms with Gasteiger partial charge in [0.2, 0.25) is 0 Å². The van der Waals surface area contributed by atoms with Crippen molar-refractivity contribution >= 4 is 26.3 Å². The average molecular weight is 483 g/mol. The Kier molecular flexibility index (Phi) is 26.1. The summed E-state index contributed by atoms with van der Waals surface area (Å²) in [6.45, 7) is 4.61. The van der Waals surface area contributed by atoms with Gasteiger partial charge in [-0.2, -0.15) is 0 Å². The van der Waals surface area contributed by atoms with Gasteiger partial charge >= 0.3 is 173 Å². The molecule has 0 N–H and O–H groups in total. The van der Waals surface area contributed by atoms with Crippen molar-refractivity contribution in [3.63, 3.8) is 0 Å². The number of rotatable bonds is 22. The third-order valence-electron chi connectivity index (χ3n) is 5.00. The quantitative estimate of drug-likeness (QED) is 0.107. The fourth-order valence-electron chi connectivity index (χ4n) is 3.24. The van der Waals surface area contributed by atoms with Gasteiger partial charge in [-0.05, 0) is 0 Å². The Morgan fingerprint density at radius 2 is 0.560 bits per heavy atom. The number of unbranched alkanes of at least 4 members (excludes halogenated alkanes) is 17. The second kappa shape index (κ2) is 25.0. The summed E-state index contributed by atoms with van der Waals surface area (Å²) >= 11 is 2.04. The van der Waals surface area contributed by atoms with Gasteiger partial charge in [0.1, 0.15) is 0 Å². The fraction of sp³-hybridized carbons (Fsp3) is 1.00. The summed E-state index contributed by atoms with van der Waals surface area (Å²) in [5.74, 6) is 0. The van der Waals surface area contributed by atoms with Crippen LogP contribution in [-0.2, 0) is 0 Å². The van der Waals surface area contributed by atoms with Crippen LogP contribution in [0.15, 0.2) is 0 Å². The average Bonchev–Trinajstić information content (AvgIpc) is 2.63. The van der Waals surface area contributed by atoms with Crippen LogP contribution in [-0.4, -0.2) is 26.3 Å². The maximum absolute atomic E-state index is 2.31. The maximum atomic E-state index is 2.31. The van der Waals surface area contributed by atoms with E-state index in [2.05, 4.69) is 13.8 Å². The van der Waals surface area contributed by atoms with Crippen LogP contribution in [0.3, 0.4) is 0 Å². The van der Waals surface area contributed by atoms with E-state index in [9.17, 15) is 0 Å². The normalized spacial score (nSPS) is 11.3. The Morgan fingerprint density at radius 1 is 0.320 bits per heavy atom. The van der Waals surface area contributed by atoms with Gasteiger partial charge in [-0.3, -0.25) is 0 Å². The van der Waals surface area contributed by atoms with Crippen molar-refractivity contribution in [2.45, 2.75) is 146 Å². The fourth-order valence-corrected chi connectivity index (χ4v) is 10.2. The van der Waals surface area contributed by atoms with Gasteiger partial charge < -0.3 is 0 Å². The molecule has 0 aromatic carbocycles. The van der Waals surface area contributed by atoms with Crippen LogP contribution in [0.2, 0.25) is 10.6 Å². The minimum absolute atomic E-state index is 1.02. The van der Waals surface area contributed by atoms with Crippen molar-refractivity contribution < 1.29 is 0 Å². The van der Waals surface area contributed by atoms with Gasteiger partial charge in [-0.25, -0.2) is 0 Å². The molecular formula is C23H48Se2. The van der Waals surface area contributed by atoms with Crippen LogP contribution in [0.4, 0.5) is 0 Å². The summed E-state index contributed by atoms with van der Waals surface area (Å²) in [5.41, 5.74) is 0. The molecule has 0 radical (unpaired) electrons. The molecule has 0 aromatic heterocycles. The van der Waals surface area contributed by atoms with E-state index in [4.69, 9.17) is 0 Å². The Balaban J connectivity index is 2.94. The van der Waals surface area contributed by atoms with Crippen LogP contribution in [0.5, 0.6) is 0 Å². The molecule has 0 unspecified atom stereocenters. The van der Waals surface area contributed by atoms with E-state index in [0.29, 0.717) is 0 Å². The van der Waals surface area contributed by atoms with Crippen LogP contribution >= 0.6 is 0 Å². The summed E-state index contributed by atoms with van der Waals surface area (Å²) < 4.78 is 0. The molecule has 0 saturated heterocycles. The van der Waals surface area contributed by atoms with E-state index < -0.39 is 0 Å². The van der Waals surface area contributed by atoms with E-state index in [0.717, 1.165) is 26.3 Å². The molecule has 152 valence electrons. The topological polar surface area (TPSA) is 0 Å². The molecule has 0 fully saturated rings. The second-order valence-corrected chi connectivity index (χ2v) is 15.5. The van der Waals surface area contributed by atoms with E-state index in [-0.39, 0.29) is 0 Å². The van der Waals surface area contributed by atoms with Gasteiger partial charge in [-0.1, -0.05) is 0 Å². The number of hydrogen-bond donors (Lipinski definition) is 0. The van der Waals surface area contributed by atoms with Crippen molar-refractivity contribution in [2.75, 3.05) is 0 Å². The van der Waals surface area contributed by atoms with E-state index in [1.165, 1.54) is 122 Å². The van der Waals surface area contributed by atoms with Crippen molar-refractivity contribution in [2.24, 2.45) is 0 Å². The van der Waals surface area contributed by atoms with Crippen molar-refractivity contribution in [1.29, 1.82) is 0 Å². The zero-order chi connectivity index (χ0) is 18.3. The molecule has 0 aliphatic rings. The summed E-state index contributed by atoms with van der Waals surface area (Å²) in [6.07, 6.45) is 28.2. The monoisotopic (exact) mass is 484 g/mol. The molecular weight excluding hydrogens is 434 g/mol. The first-order chi connectivity index (χ1) is 12.4. The molecule has 0 heterocycles.